The molecule has 134 valence electrons. The van der Waals surface area contributed by atoms with Crippen LogP contribution in [0.5, 0.6) is 0 Å². The van der Waals surface area contributed by atoms with Gasteiger partial charge in [0.25, 0.3) is 0 Å². The number of carbonyl (C=O) groups excluding carboxylic acids is 1. The van der Waals surface area contributed by atoms with E-state index in [1.54, 1.807) is 0 Å². The lowest BCUT2D eigenvalue weighted by Crippen LogP contribution is -2.63. The Bertz CT molecular complexity index is 667. The highest BCUT2D eigenvalue weighted by Gasteiger charge is 2.67. The fourth-order valence-corrected chi connectivity index (χ4v) is 5.09. The van der Waals surface area contributed by atoms with Crippen molar-refractivity contribution in [2.75, 3.05) is 0 Å². The molecule has 6 heteroatoms. The van der Waals surface area contributed by atoms with Gasteiger partial charge in [0, 0.05) is 6.42 Å². The first-order valence-corrected chi connectivity index (χ1v) is 9.13. The van der Waals surface area contributed by atoms with Crippen molar-refractivity contribution in [3.63, 3.8) is 0 Å². The van der Waals surface area contributed by atoms with Gasteiger partial charge in [-0.05, 0) is 42.6 Å². The first-order valence-electron chi connectivity index (χ1n) is 9.13. The monoisotopic (exact) mass is 343 g/mol. The van der Waals surface area contributed by atoms with Crippen LogP contribution in [0.1, 0.15) is 39.2 Å². The van der Waals surface area contributed by atoms with E-state index in [1.807, 2.05) is 30.3 Å². The number of nitrogens with two attached hydrogens (primary N) is 1. The van der Waals surface area contributed by atoms with E-state index in [9.17, 15) is 4.79 Å². The van der Waals surface area contributed by atoms with Crippen LogP contribution >= 0.6 is 0 Å². The number of ether oxygens (including phenoxy) is 1. The van der Waals surface area contributed by atoms with Crippen LogP contribution in [0.4, 0.5) is 4.79 Å². The second-order valence-corrected chi connectivity index (χ2v) is 8.59. The molecule has 0 spiro atoms. The molecule has 2 N–H and O–H groups in total. The molecule has 1 heterocycles. The molecule has 1 aromatic rings. The van der Waals surface area contributed by atoms with Crippen LogP contribution in [0.2, 0.25) is 0 Å². The number of primary amides is 1. The molecule has 5 rings (SSSR count). The number of hydrogen-bond acceptors (Lipinski definition) is 4. The quantitative estimate of drug-likeness (QED) is 0.854. The standard InChI is InChI=1S/C19H26BNO4/c1-18(2)13-10-14(18)16-19(3,11-13)25-20(24-16)15(23-17(21)22)9-12-7-5-4-6-8-12/h4-8,13-16H,9-11H2,1-3H3,(H2,21,22)/t13-,14+,15?,16-,19+/m0/s1. The summed E-state index contributed by atoms with van der Waals surface area (Å²) in [7, 11) is -0.571. The Morgan fingerprint density at radius 2 is 2.08 bits per heavy atom. The van der Waals surface area contributed by atoms with Gasteiger partial charge in [-0.2, -0.15) is 0 Å². The van der Waals surface area contributed by atoms with Gasteiger partial charge >= 0.3 is 13.2 Å². The Morgan fingerprint density at radius 1 is 1.36 bits per heavy atom. The van der Waals surface area contributed by atoms with E-state index in [0.29, 0.717) is 23.7 Å². The van der Waals surface area contributed by atoms with Crippen molar-refractivity contribution in [1.29, 1.82) is 0 Å². The van der Waals surface area contributed by atoms with Crippen LogP contribution in [-0.4, -0.2) is 30.9 Å². The second kappa shape index (κ2) is 5.75. The summed E-state index contributed by atoms with van der Waals surface area (Å²) in [6, 6.07) is 9.35. The second-order valence-electron chi connectivity index (χ2n) is 8.59. The SMILES string of the molecule is CC1(C)[C@H]2C[C@@H]1[C@@H]1OB(C(Cc3ccccc3)OC(N)=O)O[C@]1(C)C2. The molecule has 1 aromatic carbocycles. The van der Waals surface area contributed by atoms with Gasteiger partial charge in [-0.15, -0.1) is 0 Å². The summed E-state index contributed by atoms with van der Waals surface area (Å²) in [4.78, 5) is 11.4. The van der Waals surface area contributed by atoms with E-state index in [1.165, 1.54) is 6.42 Å². The molecule has 1 aliphatic heterocycles. The van der Waals surface area contributed by atoms with Crippen LogP contribution in [0, 0.1) is 17.3 Å². The van der Waals surface area contributed by atoms with Crippen LogP contribution in [0.3, 0.4) is 0 Å². The lowest BCUT2D eigenvalue weighted by molar-refractivity contribution is -0.185. The largest absolute Gasteiger partial charge is 0.502 e. The average molecular weight is 343 g/mol. The van der Waals surface area contributed by atoms with Gasteiger partial charge in [0.05, 0.1) is 11.7 Å². The van der Waals surface area contributed by atoms with E-state index >= 15 is 0 Å². The summed E-state index contributed by atoms with van der Waals surface area (Å²) >= 11 is 0. The van der Waals surface area contributed by atoms with Gasteiger partial charge in [-0.1, -0.05) is 44.2 Å². The van der Waals surface area contributed by atoms with Gasteiger partial charge < -0.3 is 19.8 Å². The molecule has 1 unspecified atom stereocenters. The van der Waals surface area contributed by atoms with E-state index in [4.69, 9.17) is 19.8 Å². The minimum absolute atomic E-state index is 0.0484. The van der Waals surface area contributed by atoms with E-state index in [2.05, 4.69) is 20.8 Å². The molecular formula is C19H26BNO4. The van der Waals surface area contributed by atoms with Crippen molar-refractivity contribution >= 4 is 13.2 Å². The summed E-state index contributed by atoms with van der Waals surface area (Å²) in [5.74, 6) is 1.16. The fourth-order valence-electron chi connectivity index (χ4n) is 5.09. The smallest absolute Gasteiger partial charge is 0.448 e. The van der Waals surface area contributed by atoms with Gasteiger partial charge in [-0.3, -0.25) is 0 Å². The zero-order valence-corrected chi connectivity index (χ0v) is 15.1. The zero-order chi connectivity index (χ0) is 17.8. The number of hydrogen-bond donors (Lipinski definition) is 1. The Labute approximate surface area is 149 Å². The van der Waals surface area contributed by atoms with Crippen molar-refractivity contribution < 1.29 is 18.8 Å². The highest BCUT2D eigenvalue weighted by Crippen LogP contribution is 2.64. The molecule has 1 saturated heterocycles. The first kappa shape index (κ1) is 16.9. The van der Waals surface area contributed by atoms with Gasteiger partial charge in [0.15, 0.2) is 0 Å². The van der Waals surface area contributed by atoms with Gasteiger partial charge in [0.2, 0.25) is 0 Å². The third kappa shape index (κ3) is 2.76. The van der Waals surface area contributed by atoms with Crippen LogP contribution in [0.15, 0.2) is 30.3 Å². The molecule has 2 bridgehead atoms. The molecular weight excluding hydrogens is 317 g/mol. The first-order chi connectivity index (χ1) is 11.8. The van der Waals surface area contributed by atoms with Crippen molar-refractivity contribution in [3.8, 4) is 0 Å². The van der Waals surface area contributed by atoms with Crippen molar-refractivity contribution in [1.82, 2.24) is 0 Å². The highest BCUT2D eigenvalue weighted by atomic mass is 16.7. The molecule has 1 amide bonds. The molecule has 0 aromatic heterocycles. The summed E-state index contributed by atoms with van der Waals surface area (Å²) < 4.78 is 18.0. The maximum Gasteiger partial charge on any atom is 0.502 e. The van der Waals surface area contributed by atoms with Gasteiger partial charge in [-0.25, -0.2) is 4.79 Å². The van der Waals surface area contributed by atoms with Crippen LogP contribution < -0.4 is 5.73 Å². The summed E-state index contributed by atoms with van der Waals surface area (Å²) in [6.45, 7) is 6.78. The summed E-state index contributed by atoms with van der Waals surface area (Å²) in [5, 5.41) is 0. The minimum atomic E-state index is -0.794. The molecule has 5 nitrogen and oxygen atoms in total. The van der Waals surface area contributed by atoms with Crippen molar-refractivity contribution in [2.24, 2.45) is 23.0 Å². The maximum absolute atomic E-state index is 11.4. The van der Waals surface area contributed by atoms with Crippen molar-refractivity contribution in [2.45, 2.75) is 57.7 Å². The predicted octanol–water partition coefficient (Wildman–Crippen LogP) is 2.96. The Kier molecular flexibility index (Phi) is 3.89. The molecule has 4 fully saturated rings. The maximum atomic E-state index is 11.4. The molecule has 25 heavy (non-hydrogen) atoms. The van der Waals surface area contributed by atoms with Crippen molar-refractivity contribution in [3.05, 3.63) is 35.9 Å². The average Bonchev–Trinajstić information content (AvgIpc) is 2.92. The Morgan fingerprint density at radius 3 is 2.72 bits per heavy atom. The zero-order valence-electron chi connectivity index (χ0n) is 15.1. The Balaban J connectivity index is 1.54. The fraction of sp³-hybridized carbons (Fsp3) is 0.632. The molecule has 3 aliphatic carbocycles. The van der Waals surface area contributed by atoms with E-state index < -0.39 is 19.2 Å². The predicted molar refractivity (Wildman–Crippen MR) is 94.7 cm³/mol. The summed E-state index contributed by atoms with van der Waals surface area (Å²) in [6.07, 6.45) is 1.97. The molecule has 4 aliphatic rings. The minimum Gasteiger partial charge on any atom is -0.448 e. The number of benzene rings is 1. The van der Waals surface area contributed by atoms with Crippen LogP contribution in [-0.2, 0) is 20.5 Å². The molecule has 5 atom stereocenters. The normalized spacial score (nSPS) is 36.3. The lowest BCUT2D eigenvalue weighted by atomic mass is 9.45. The molecule has 3 saturated carbocycles. The number of rotatable bonds is 4. The third-order valence-electron chi connectivity index (χ3n) is 6.68. The molecule has 0 radical (unpaired) electrons. The van der Waals surface area contributed by atoms with E-state index in [0.717, 1.165) is 12.0 Å². The van der Waals surface area contributed by atoms with Gasteiger partial charge in [0.1, 0.15) is 6.00 Å². The third-order valence-corrected chi connectivity index (χ3v) is 6.68. The number of carbonyl (C=O) groups is 1. The number of amides is 1. The topological polar surface area (TPSA) is 70.8 Å². The lowest BCUT2D eigenvalue weighted by Gasteiger charge is -2.63. The van der Waals surface area contributed by atoms with Crippen LogP contribution in [0.25, 0.3) is 0 Å². The Hall–Kier alpha value is -1.53. The summed E-state index contributed by atoms with van der Waals surface area (Å²) in [5.41, 5.74) is 6.35. The van der Waals surface area contributed by atoms with E-state index in [-0.39, 0.29) is 11.7 Å². The highest BCUT2D eigenvalue weighted by molar-refractivity contribution is 6.47.